The van der Waals surface area contributed by atoms with Crippen LogP contribution < -0.4 is 5.32 Å². The summed E-state index contributed by atoms with van der Waals surface area (Å²) in [5.41, 5.74) is -0.867. The average molecular weight is 244 g/mol. The standard InChI is InChI=1S/C11H20N2O4/c1-7(2)8(9(14)15)12-10(16)13-5-4-11(3,17)6-13/h7-8,17H,4-6H2,1-3H3,(H,12,16)(H,14,15). The summed E-state index contributed by atoms with van der Waals surface area (Å²) >= 11 is 0. The van der Waals surface area contributed by atoms with E-state index in [0.29, 0.717) is 13.0 Å². The van der Waals surface area contributed by atoms with E-state index in [1.807, 2.05) is 0 Å². The number of rotatable bonds is 3. The molecule has 98 valence electrons. The van der Waals surface area contributed by atoms with Crippen LogP contribution in [0.15, 0.2) is 0 Å². The van der Waals surface area contributed by atoms with Crippen LogP contribution in [0.1, 0.15) is 27.2 Å². The summed E-state index contributed by atoms with van der Waals surface area (Å²) in [6.07, 6.45) is 0.514. The maximum atomic E-state index is 11.8. The molecule has 0 radical (unpaired) electrons. The average Bonchev–Trinajstić information content (AvgIpc) is 2.53. The number of aliphatic hydroxyl groups is 1. The Balaban J connectivity index is 2.57. The van der Waals surface area contributed by atoms with Crippen molar-refractivity contribution in [2.24, 2.45) is 5.92 Å². The third-order valence-electron chi connectivity index (χ3n) is 2.95. The fourth-order valence-corrected chi connectivity index (χ4v) is 1.86. The van der Waals surface area contributed by atoms with Crippen molar-refractivity contribution in [2.45, 2.75) is 38.8 Å². The van der Waals surface area contributed by atoms with Crippen LogP contribution in [-0.2, 0) is 4.79 Å². The first-order valence-electron chi connectivity index (χ1n) is 5.73. The first kappa shape index (κ1) is 13.8. The zero-order valence-corrected chi connectivity index (χ0v) is 10.4. The van der Waals surface area contributed by atoms with Crippen molar-refractivity contribution >= 4 is 12.0 Å². The third-order valence-corrected chi connectivity index (χ3v) is 2.95. The van der Waals surface area contributed by atoms with Crippen molar-refractivity contribution in [3.8, 4) is 0 Å². The minimum absolute atomic E-state index is 0.181. The Bertz CT molecular complexity index is 315. The number of carboxylic acids is 1. The van der Waals surface area contributed by atoms with Crippen LogP contribution in [0.25, 0.3) is 0 Å². The Morgan fingerprint density at radius 1 is 1.41 bits per heavy atom. The lowest BCUT2D eigenvalue weighted by Gasteiger charge is -2.23. The fourth-order valence-electron chi connectivity index (χ4n) is 1.86. The topological polar surface area (TPSA) is 89.9 Å². The Labute approximate surface area is 101 Å². The lowest BCUT2D eigenvalue weighted by atomic mass is 10.1. The van der Waals surface area contributed by atoms with Crippen molar-refractivity contribution in [2.75, 3.05) is 13.1 Å². The molecule has 1 aliphatic rings. The van der Waals surface area contributed by atoms with E-state index in [4.69, 9.17) is 5.11 Å². The van der Waals surface area contributed by atoms with E-state index >= 15 is 0 Å². The number of nitrogens with one attached hydrogen (secondary N) is 1. The predicted octanol–water partition coefficient (Wildman–Crippen LogP) is 0.262. The molecule has 2 atom stereocenters. The molecule has 0 saturated carbocycles. The number of β-amino-alcohol motifs (C(OH)–C–C–N with tert-alkyl or cyclic N) is 1. The second-order valence-corrected chi connectivity index (χ2v) is 5.18. The van der Waals surface area contributed by atoms with Gasteiger partial charge in [0.05, 0.1) is 12.1 Å². The molecule has 0 spiro atoms. The highest BCUT2D eigenvalue weighted by molar-refractivity contribution is 5.83. The normalized spacial score (nSPS) is 26.1. The molecule has 3 N–H and O–H groups in total. The van der Waals surface area contributed by atoms with Crippen molar-refractivity contribution in [1.29, 1.82) is 0 Å². The van der Waals surface area contributed by atoms with Crippen molar-refractivity contribution in [1.82, 2.24) is 10.2 Å². The van der Waals surface area contributed by atoms with E-state index in [1.165, 1.54) is 4.90 Å². The number of urea groups is 1. The van der Waals surface area contributed by atoms with Crippen LogP contribution in [0.3, 0.4) is 0 Å². The first-order chi connectivity index (χ1) is 7.73. The molecular formula is C11H20N2O4. The van der Waals surface area contributed by atoms with Gasteiger partial charge < -0.3 is 20.4 Å². The minimum Gasteiger partial charge on any atom is -0.480 e. The SMILES string of the molecule is CC(C)C(NC(=O)N1CCC(C)(O)C1)C(=O)O. The highest BCUT2D eigenvalue weighted by Gasteiger charge is 2.35. The second kappa shape index (κ2) is 4.91. The molecule has 2 amide bonds. The summed E-state index contributed by atoms with van der Waals surface area (Å²) in [6, 6.07) is -1.32. The highest BCUT2D eigenvalue weighted by atomic mass is 16.4. The molecule has 1 heterocycles. The van der Waals surface area contributed by atoms with Gasteiger partial charge in [-0.05, 0) is 19.3 Å². The van der Waals surface area contributed by atoms with Crippen molar-refractivity contribution in [3.05, 3.63) is 0 Å². The molecule has 17 heavy (non-hydrogen) atoms. The lowest BCUT2D eigenvalue weighted by molar-refractivity contribution is -0.140. The molecule has 0 aromatic rings. The Morgan fingerprint density at radius 3 is 2.35 bits per heavy atom. The summed E-state index contributed by atoms with van der Waals surface area (Å²) < 4.78 is 0. The number of carboxylic acid groups (broad SMARTS) is 1. The van der Waals surface area contributed by atoms with E-state index in [-0.39, 0.29) is 12.5 Å². The zero-order chi connectivity index (χ0) is 13.2. The molecule has 0 aliphatic carbocycles. The lowest BCUT2D eigenvalue weighted by Crippen LogP contribution is -2.50. The molecule has 1 rings (SSSR count). The fraction of sp³-hybridized carbons (Fsp3) is 0.818. The first-order valence-corrected chi connectivity index (χ1v) is 5.73. The van der Waals surface area contributed by atoms with Gasteiger partial charge in [0.2, 0.25) is 0 Å². The molecule has 1 saturated heterocycles. The number of amides is 2. The monoisotopic (exact) mass is 244 g/mol. The van der Waals surface area contributed by atoms with Gasteiger partial charge in [-0.2, -0.15) is 0 Å². The van der Waals surface area contributed by atoms with E-state index in [1.54, 1.807) is 20.8 Å². The quantitative estimate of drug-likeness (QED) is 0.664. The molecular weight excluding hydrogens is 224 g/mol. The van der Waals surface area contributed by atoms with Crippen LogP contribution in [-0.4, -0.2) is 51.8 Å². The molecule has 6 nitrogen and oxygen atoms in total. The van der Waals surface area contributed by atoms with E-state index in [0.717, 1.165) is 0 Å². The highest BCUT2D eigenvalue weighted by Crippen LogP contribution is 2.20. The van der Waals surface area contributed by atoms with Gasteiger partial charge in [0.1, 0.15) is 6.04 Å². The molecule has 0 bridgehead atoms. The van der Waals surface area contributed by atoms with Gasteiger partial charge in [-0.25, -0.2) is 9.59 Å². The van der Waals surface area contributed by atoms with Crippen LogP contribution >= 0.6 is 0 Å². The molecule has 0 aromatic carbocycles. The molecule has 6 heteroatoms. The number of likely N-dealkylation sites (tertiary alicyclic amines) is 1. The van der Waals surface area contributed by atoms with E-state index in [2.05, 4.69) is 5.32 Å². The van der Waals surface area contributed by atoms with Gasteiger partial charge in [-0.3, -0.25) is 0 Å². The summed E-state index contributed by atoms with van der Waals surface area (Å²) in [6.45, 7) is 5.82. The summed E-state index contributed by atoms with van der Waals surface area (Å²) in [5, 5.41) is 21.2. The Morgan fingerprint density at radius 2 is 2.00 bits per heavy atom. The molecule has 1 fully saturated rings. The number of carbonyl (C=O) groups is 2. The summed E-state index contributed by atoms with van der Waals surface area (Å²) in [5.74, 6) is -1.22. The second-order valence-electron chi connectivity index (χ2n) is 5.18. The summed E-state index contributed by atoms with van der Waals surface area (Å²) in [7, 11) is 0. The van der Waals surface area contributed by atoms with Gasteiger partial charge in [-0.1, -0.05) is 13.8 Å². The van der Waals surface area contributed by atoms with Gasteiger partial charge in [0.25, 0.3) is 0 Å². The number of aliphatic carboxylic acids is 1. The van der Waals surface area contributed by atoms with Gasteiger partial charge in [0, 0.05) is 6.54 Å². The minimum atomic E-state index is -1.04. The van der Waals surface area contributed by atoms with Gasteiger partial charge in [-0.15, -0.1) is 0 Å². The summed E-state index contributed by atoms with van der Waals surface area (Å²) in [4.78, 5) is 24.2. The van der Waals surface area contributed by atoms with E-state index in [9.17, 15) is 14.7 Å². The number of nitrogens with zero attached hydrogens (tertiary/aromatic N) is 1. The Kier molecular flexibility index (Phi) is 3.98. The van der Waals surface area contributed by atoms with Crippen molar-refractivity contribution in [3.63, 3.8) is 0 Å². The largest absolute Gasteiger partial charge is 0.480 e. The van der Waals surface area contributed by atoms with Crippen LogP contribution in [0, 0.1) is 5.92 Å². The van der Waals surface area contributed by atoms with E-state index < -0.39 is 23.6 Å². The zero-order valence-electron chi connectivity index (χ0n) is 10.4. The van der Waals surface area contributed by atoms with Gasteiger partial charge >= 0.3 is 12.0 Å². The molecule has 2 unspecified atom stereocenters. The third kappa shape index (κ3) is 3.59. The smallest absolute Gasteiger partial charge is 0.326 e. The predicted molar refractivity (Wildman–Crippen MR) is 61.6 cm³/mol. The maximum absolute atomic E-state index is 11.8. The maximum Gasteiger partial charge on any atom is 0.326 e. The number of hydrogen-bond donors (Lipinski definition) is 3. The van der Waals surface area contributed by atoms with Crippen molar-refractivity contribution < 1.29 is 19.8 Å². The number of hydrogen-bond acceptors (Lipinski definition) is 3. The molecule has 0 aromatic heterocycles. The van der Waals surface area contributed by atoms with Crippen LogP contribution in [0.5, 0.6) is 0 Å². The number of carbonyl (C=O) groups excluding carboxylic acids is 1. The van der Waals surface area contributed by atoms with Crippen LogP contribution in [0.2, 0.25) is 0 Å². The Hall–Kier alpha value is -1.30. The molecule has 1 aliphatic heterocycles. The van der Waals surface area contributed by atoms with Crippen LogP contribution in [0.4, 0.5) is 4.79 Å². The van der Waals surface area contributed by atoms with Gasteiger partial charge in [0.15, 0.2) is 0 Å².